The maximum Gasteiger partial charge on any atom is 0.270 e. The van der Waals surface area contributed by atoms with E-state index in [0.717, 1.165) is 5.56 Å². The fraction of sp³-hybridized carbons (Fsp3) is 0.318. The molecule has 142 valence electrons. The molecule has 1 atom stereocenters. The van der Waals surface area contributed by atoms with Crippen LogP contribution in [-0.4, -0.2) is 22.4 Å². The molecule has 5 heteroatoms. The van der Waals surface area contributed by atoms with Crippen molar-refractivity contribution < 1.29 is 14.5 Å². The summed E-state index contributed by atoms with van der Waals surface area (Å²) < 4.78 is 1.74. The fourth-order valence-electron chi connectivity index (χ4n) is 2.75. The Morgan fingerprint density at radius 1 is 1.30 bits per heavy atom. The summed E-state index contributed by atoms with van der Waals surface area (Å²) in [4.78, 5) is 13.7. The molecular weight excluding hydrogens is 356 g/mol. The molecule has 1 aromatic heterocycles. The standard InChI is InChI=1S/C22H26N2O2S/c1-5-12-23-21(27)19(24-13-6-7-16(14-24)15-25)20(26)17-8-10-18(11-9-17)22(2,3)4/h5-11,13-14,19,25H,1,12,15H2,2-4H3/p+1/t19-/m1/s1. The first-order valence-electron chi connectivity index (χ1n) is 8.92. The highest BCUT2D eigenvalue weighted by Crippen LogP contribution is 2.23. The number of carbonyl (C=O) groups excluding carboxylic acids is 1. The average molecular weight is 384 g/mol. The Morgan fingerprint density at radius 3 is 2.52 bits per heavy atom. The van der Waals surface area contributed by atoms with Gasteiger partial charge in [0.25, 0.3) is 6.04 Å². The van der Waals surface area contributed by atoms with Gasteiger partial charge in [0.05, 0.1) is 6.61 Å². The number of hydrogen-bond acceptors (Lipinski definition) is 3. The lowest BCUT2D eigenvalue weighted by molar-refractivity contribution is -0.692. The van der Waals surface area contributed by atoms with E-state index in [1.54, 1.807) is 35.2 Å². The van der Waals surface area contributed by atoms with Crippen LogP contribution in [0.4, 0.5) is 0 Å². The van der Waals surface area contributed by atoms with E-state index in [9.17, 15) is 9.90 Å². The van der Waals surface area contributed by atoms with Gasteiger partial charge in [-0.25, -0.2) is 0 Å². The van der Waals surface area contributed by atoms with Gasteiger partial charge in [-0.2, -0.15) is 4.57 Å². The maximum absolute atomic E-state index is 13.3. The van der Waals surface area contributed by atoms with Crippen molar-refractivity contribution in [2.24, 2.45) is 0 Å². The third kappa shape index (κ3) is 5.31. The third-order valence-electron chi connectivity index (χ3n) is 4.32. The van der Waals surface area contributed by atoms with E-state index in [4.69, 9.17) is 12.2 Å². The van der Waals surface area contributed by atoms with Crippen LogP contribution < -0.4 is 9.88 Å². The maximum atomic E-state index is 13.3. The number of ketones is 1. The normalized spacial score (nSPS) is 12.3. The Labute approximate surface area is 166 Å². The Morgan fingerprint density at radius 2 is 1.96 bits per heavy atom. The van der Waals surface area contributed by atoms with Crippen molar-refractivity contribution in [2.75, 3.05) is 6.54 Å². The number of carbonyl (C=O) groups is 1. The van der Waals surface area contributed by atoms with E-state index < -0.39 is 6.04 Å². The number of thiocarbonyl (C=S) groups is 1. The van der Waals surface area contributed by atoms with Crippen molar-refractivity contribution in [1.29, 1.82) is 0 Å². The molecule has 0 unspecified atom stereocenters. The largest absolute Gasteiger partial charge is 0.391 e. The minimum absolute atomic E-state index is 0.0198. The van der Waals surface area contributed by atoms with Gasteiger partial charge in [0.1, 0.15) is 0 Å². The highest BCUT2D eigenvalue weighted by molar-refractivity contribution is 7.80. The second kappa shape index (κ2) is 9.02. The lowest BCUT2D eigenvalue weighted by Crippen LogP contribution is -2.51. The topological polar surface area (TPSA) is 53.2 Å². The fourth-order valence-corrected chi connectivity index (χ4v) is 3.06. The molecule has 27 heavy (non-hydrogen) atoms. The van der Waals surface area contributed by atoms with E-state index >= 15 is 0 Å². The molecule has 0 aliphatic carbocycles. The number of aliphatic hydroxyl groups is 1. The Hall–Kier alpha value is -2.37. The first-order chi connectivity index (χ1) is 12.8. The van der Waals surface area contributed by atoms with E-state index in [2.05, 4.69) is 32.7 Å². The van der Waals surface area contributed by atoms with Crippen LogP contribution in [0.15, 0.2) is 61.4 Å². The average Bonchev–Trinajstić information content (AvgIpc) is 2.66. The van der Waals surface area contributed by atoms with Crippen molar-refractivity contribution >= 4 is 23.0 Å². The molecule has 0 aliphatic rings. The Kier molecular flexibility index (Phi) is 6.99. The van der Waals surface area contributed by atoms with Crippen LogP contribution in [0, 0.1) is 0 Å². The van der Waals surface area contributed by atoms with Gasteiger partial charge in [0.15, 0.2) is 17.4 Å². The van der Waals surface area contributed by atoms with E-state index in [1.165, 1.54) is 0 Å². The molecule has 2 aromatic rings. The van der Waals surface area contributed by atoms with E-state index in [0.29, 0.717) is 22.7 Å². The van der Waals surface area contributed by atoms with Crippen LogP contribution in [-0.2, 0) is 12.0 Å². The number of nitrogens with one attached hydrogen (secondary N) is 1. The molecule has 0 amide bonds. The Bertz CT molecular complexity index is 823. The van der Waals surface area contributed by atoms with Gasteiger partial charge in [-0.3, -0.25) is 4.79 Å². The molecule has 1 heterocycles. The summed E-state index contributed by atoms with van der Waals surface area (Å²) >= 11 is 5.50. The number of rotatable bonds is 7. The summed E-state index contributed by atoms with van der Waals surface area (Å²) in [6, 6.07) is 10.6. The molecule has 0 aliphatic heterocycles. The van der Waals surface area contributed by atoms with Crippen molar-refractivity contribution in [3.63, 3.8) is 0 Å². The summed E-state index contributed by atoms with van der Waals surface area (Å²) in [6.45, 7) is 10.5. The quantitative estimate of drug-likeness (QED) is 0.333. The van der Waals surface area contributed by atoms with Gasteiger partial charge in [-0.05, 0) is 17.0 Å². The monoisotopic (exact) mass is 383 g/mol. The predicted molar refractivity (Wildman–Crippen MR) is 112 cm³/mol. The number of aliphatic hydroxyl groups excluding tert-OH is 1. The van der Waals surface area contributed by atoms with Crippen molar-refractivity contribution in [2.45, 2.75) is 38.8 Å². The van der Waals surface area contributed by atoms with Gasteiger partial charge in [-0.1, -0.05) is 63.3 Å². The minimum atomic E-state index is -0.688. The number of aromatic nitrogens is 1. The molecule has 0 fully saturated rings. The Balaban J connectivity index is 2.41. The summed E-state index contributed by atoms with van der Waals surface area (Å²) in [5, 5.41) is 12.5. The second-order valence-corrected chi connectivity index (χ2v) is 7.89. The molecule has 4 nitrogen and oxygen atoms in total. The van der Waals surface area contributed by atoms with Crippen LogP contribution in [0.1, 0.15) is 48.3 Å². The smallest absolute Gasteiger partial charge is 0.270 e. The van der Waals surface area contributed by atoms with E-state index in [-0.39, 0.29) is 17.8 Å². The molecule has 2 rings (SSSR count). The molecule has 0 spiro atoms. The number of benzene rings is 1. The van der Waals surface area contributed by atoms with Crippen LogP contribution in [0.25, 0.3) is 0 Å². The zero-order chi connectivity index (χ0) is 20.0. The molecule has 0 saturated carbocycles. The van der Waals surface area contributed by atoms with Crippen LogP contribution in [0.2, 0.25) is 0 Å². The van der Waals surface area contributed by atoms with Crippen molar-refractivity contribution in [1.82, 2.24) is 5.32 Å². The second-order valence-electron chi connectivity index (χ2n) is 7.45. The lowest BCUT2D eigenvalue weighted by atomic mass is 9.86. The molecule has 0 saturated heterocycles. The highest BCUT2D eigenvalue weighted by Gasteiger charge is 2.33. The van der Waals surface area contributed by atoms with Crippen molar-refractivity contribution in [3.05, 3.63) is 78.1 Å². The molecular formula is C22H27N2O2S+. The number of pyridine rings is 1. The van der Waals surface area contributed by atoms with Crippen molar-refractivity contribution in [3.8, 4) is 0 Å². The minimum Gasteiger partial charge on any atom is -0.391 e. The SMILES string of the molecule is C=CCNC(=S)[C@@H](C(=O)c1ccc(C(C)(C)C)cc1)[n+]1cccc(CO)c1. The van der Waals surface area contributed by atoms with Crippen LogP contribution in [0.5, 0.6) is 0 Å². The summed E-state index contributed by atoms with van der Waals surface area (Å²) in [7, 11) is 0. The highest BCUT2D eigenvalue weighted by atomic mass is 32.1. The van der Waals surface area contributed by atoms with Gasteiger partial charge in [0, 0.05) is 23.7 Å². The zero-order valence-corrected chi connectivity index (χ0v) is 16.9. The van der Waals surface area contributed by atoms with E-state index in [1.807, 2.05) is 24.3 Å². The van der Waals surface area contributed by atoms with Crippen LogP contribution in [0.3, 0.4) is 0 Å². The van der Waals surface area contributed by atoms with Gasteiger partial charge in [0.2, 0.25) is 5.78 Å². The molecule has 0 radical (unpaired) electrons. The zero-order valence-electron chi connectivity index (χ0n) is 16.1. The first-order valence-corrected chi connectivity index (χ1v) is 9.32. The number of hydrogen-bond donors (Lipinski definition) is 2. The van der Waals surface area contributed by atoms with Gasteiger partial charge >= 0.3 is 0 Å². The van der Waals surface area contributed by atoms with Gasteiger partial charge < -0.3 is 10.4 Å². The predicted octanol–water partition coefficient (Wildman–Crippen LogP) is 3.29. The number of nitrogens with zero attached hydrogens (tertiary/aromatic N) is 1. The van der Waals surface area contributed by atoms with Crippen LogP contribution >= 0.6 is 12.2 Å². The lowest BCUT2D eigenvalue weighted by Gasteiger charge is -2.19. The molecule has 1 aromatic carbocycles. The summed E-state index contributed by atoms with van der Waals surface area (Å²) in [6.07, 6.45) is 5.22. The van der Waals surface area contributed by atoms with Gasteiger partial charge in [-0.15, -0.1) is 6.58 Å². The summed E-state index contributed by atoms with van der Waals surface area (Å²) in [5.74, 6) is -0.0999. The molecule has 2 N–H and O–H groups in total. The third-order valence-corrected chi connectivity index (χ3v) is 4.68. The number of Topliss-reactive ketones (excluding diaryl/α,β-unsaturated/α-hetero) is 1. The molecule has 0 bridgehead atoms. The summed E-state index contributed by atoms with van der Waals surface area (Å²) in [5.41, 5.74) is 2.49. The first kappa shape index (κ1) is 20.9.